The lowest BCUT2D eigenvalue weighted by molar-refractivity contribution is -0.384. The molecule has 0 unspecified atom stereocenters. The minimum atomic E-state index is -0.599. The predicted molar refractivity (Wildman–Crippen MR) is 81.7 cm³/mol. The van der Waals surface area contributed by atoms with Crippen LogP contribution in [0.25, 0.3) is 0 Å². The summed E-state index contributed by atoms with van der Waals surface area (Å²) >= 11 is 0. The Morgan fingerprint density at radius 3 is 2.65 bits per heavy atom. The van der Waals surface area contributed by atoms with E-state index < -0.39 is 4.92 Å². The number of isocyanates is 1. The first-order chi connectivity index (χ1) is 11.1. The van der Waals surface area contributed by atoms with Gasteiger partial charge in [-0.1, -0.05) is 0 Å². The molecule has 9 nitrogen and oxygen atoms in total. The molecule has 1 aromatic rings. The number of ether oxygens (including phenoxy) is 1. The van der Waals surface area contributed by atoms with Gasteiger partial charge < -0.3 is 14.5 Å². The quantitative estimate of drug-likeness (QED) is 0.363. The van der Waals surface area contributed by atoms with Gasteiger partial charge in [0, 0.05) is 37.9 Å². The van der Waals surface area contributed by atoms with Crippen LogP contribution in [0.2, 0.25) is 0 Å². The van der Waals surface area contributed by atoms with Crippen LogP contribution in [0, 0.1) is 10.1 Å². The highest BCUT2D eigenvalue weighted by Crippen LogP contribution is 2.32. The number of rotatable bonds is 4. The summed E-state index contributed by atoms with van der Waals surface area (Å²) in [5.41, 5.74) is 0.422. The molecular formula is C14H16N4O5. The number of hydrogen-bond donors (Lipinski definition) is 0. The van der Waals surface area contributed by atoms with Gasteiger partial charge in [-0.3, -0.25) is 10.1 Å². The van der Waals surface area contributed by atoms with Gasteiger partial charge in [-0.2, -0.15) is 4.99 Å². The third kappa shape index (κ3) is 3.83. The minimum absolute atomic E-state index is 0.0321. The van der Waals surface area contributed by atoms with Crippen LogP contribution in [0.5, 0.6) is 0 Å². The number of piperazine rings is 1. The number of carbonyl (C=O) groups is 1. The number of nitro groups is 1. The molecule has 0 N–H and O–H groups in total. The second kappa shape index (κ2) is 7.37. The number of carbonyl (C=O) groups excluding carboxylic acids is 2. The fraction of sp³-hybridized carbons (Fsp3) is 0.429. The van der Waals surface area contributed by atoms with Crippen LogP contribution >= 0.6 is 0 Å². The molecule has 2 rings (SSSR count). The molecule has 1 saturated heterocycles. The van der Waals surface area contributed by atoms with Gasteiger partial charge in [-0.25, -0.2) is 9.59 Å². The zero-order valence-electron chi connectivity index (χ0n) is 12.6. The van der Waals surface area contributed by atoms with Crippen molar-refractivity contribution in [3.05, 3.63) is 28.3 Å². The standard InChI is InChI=1S/C14H16N4O5/c1-2-23-14(20)17-7-5-16(6-8-17)11-3-4-13(18(21)22)12(9-11)15-10-19/h3-4,9H,2,5-8H2,1H3. The SMILES string of the molecule is CCOC(=O)N1CCN(c2ccc([N+](=O)[O-])c(N=C=O)c2)CC1. The van der Waals surface area contributed by atoms with Gasteiger partial charge in [-0.05, 0) is 19.1 Å². The predicted octanol–water partition coefficient (Wildman–Crippen LogP) is 1.84. The number of nitro benzene ring substituents is 1. The first-order valence-corrected chi connectivity index (χ1v) is 7.09. The molecule has 0 saturated carbocycles. The summed E-state index contributed by atoms with van der Waals surface area (Å²) in [6.07, 6.45) is 0.983. The Labute approximate surface area is 132 Å². The number of amides is 1. The molecule has 23 heavy (non-hydrogen) atoms. The molecule has 122 valence electrons. The summed E-state index contributed by atoms with van der Waals surface area (Å²) in [6, 6.07) is 4.38. The summed E-state index contributed by atoms with van der Waals surface area (Å²) in [5.74, 6) is 0. The highest BCUT2D eigenvalue weighted by Gasteiger charge is 2.23. The molecule has 0 spiro atoms. The average molecular weight is 320 g/mol. The molecule has 0 atom stereocenters. The van der Waals surface area contributed by atoms with Crippen LogP contribution in [0.15, 0.2) is 23.2 Å². The van der Waals surface area contributed by atoms with E-state index in [4.69, 9.17) is 4.74 Å². The van der Waals surface area contributed by atoms with E-state index in [1.54, 1.807) is 17.9 Å². The fourth-order valence-electron chi connectivity index (χ4n) is 2.36. The van der Waals surface area contributed by atoms with E-state index in [0.717, 1.165) is 0 Å². The van der Waals surface area contributed by atoms with Crippen molar-refractivity contribution in [3.8, 4) is 0 Å². The third-order valence-corrected chi connectivity index (χ3v) is 3.49. The molecule has 0 radical (unpaired) electrons. The maximum atomic E-state index is 11.7. The van der Waals surface area contributed by atoms with Gasteiger partial charge in [0.15, 0.2) is 5.69 Å². The van der Waals surface area contributed by atoms with E-state index in [1.165, 1.54) is 18.2 Å². The fourth-order valence-corrected chi connectivity index (χ4v) is 2.36. The van der Waals surface area contributed by atoms with Gasteiger partial charge in [-0.15, -0.1) is 0 Å². The van der Waals surface area contributed by atoms with E-state index in [-0.39, 0.29) is 17.5 Å². The van der Waals surface area contributed by atoms with Gasteiger partial charge >= 0.3 is 6.09 Å². The van der Waals surface area contributed by atoms with Crippen molar-refractivity contribution in [2.24, 2.45) is 4.99 Å². The molecule has 1 fully saturated rings. The molecule has 0 aromatic heterocycles. The lowest BCUT2D eigenvalue weighted by atomic mass is 10.2. The summed E-state index contributed by atoms with van der Waals surface area (Å²) in [5, 5.41) is 10.9. The van der Waals surface area contributed by atoms with Crippen molar-refractivity contribution in [1.29, 1.82) is 0 Å². The van der Waals surface area contributed by atoms with E-state index in [2.05, 4.69) is 4.99 Å². The first kappa shape index (κ1) is 16.4. The van der Waals surface area contributed by atoms with E-state index in [1.807, 2.05) is 4.90 Å². The van der Waals surface area contributed by atoms with Crippen molar-refractivity contribution in [1.82, 2.24) is 4.90 Å². The monoisotopic (exact) mass is 320 g/mol. The minimum Gasteiger partial charge on any atom is -0.450 e. The second-order valence-electron chi connectivity index (χ2n) is 4.81. The number of anilines is 1. The molecule has 1 aromatic carbocycles. The Bertz CT molecular complexity index is 649. The zero-order chi connectivity index (χ0) is 16.8. The number of nitrogens with zero attached hydrogens (tertiary/aromatic N) is 4. The summed E-state index contributed by atoms with van der Waals surface area (Å²) in [4.78, 5) is 39.4. The maximum absolute atomic E-state index is 11.7. The highest BCUT2D eigenvalue weighted by molar-refractivity contribution is 5.70. The van der Waals surface area contributed by atoms with E-state index in [0.29, 0.717) is 38.5 Å². The zero-order valence-corrected chi connectivity index (χ0v) is 12.6. The molecule has 0 aliphatic carbocycles. The van der Waals surface area contributed by atoms with Gasteiger partial charge in [0.1, 0.15) is 0 Å². The Kier molecular flexibility index (Phi) is 5.27. The number of hydrogen-bond acceptors (Lipinski definition) is 7. The van der Waals surface area contributed by atoms with E-state index in [9.17, 15) is 19.7 Å². The summed E-state index contributed by atoms with van der Waals surface area (Å²) in [6.45, 7) is 4.17. The van der Waals surface area contributed by atoms with Crippen LogP contribution in [0.3, 0.4) is 0 Å². The van der Waals surface area contributed by atoms with E-state index >= 15 is 0 Å². The lowest BCUT2D eigenvalue weighted by Gasteiger charge is -2.35. The van der Waals surface area contributed by atoms with Gasteiger partial charge in [0.05, 0.1) is 11.5 Å². The molecular weight excluding hydrogens is 304 g/mol. The second-order valence-corrected chi connectivity index (χ2v) is 4.81. The third-order valence-electron chi connectivity index (χ3n) is 3.49. The van der Waals surface area contributed by atoms with Crippen LogP contribution in [-0.2, 0) is 9.53 Å². The van der Waals surface area contributed by atoms with Crippen molar-refractivity contribution in [2.45, 2.75) is 6.92 Å². The molecule has 1 aliphatic rings. The van der Waals surface area contributed by atoms with Crippen molar-refractivity contribution < 1.29 is 19.2 Å². The number of aliphatic imine (C=N–C) groups is 1. The van der Waals surface area contributed by atoms with Crippen molar-refractivity contribution in [3.63, 3.8) is 0 Å². The van der Waals surface area contributed by atoms with Crippen LogP contribution in [0.1, 0.15) is 6.92 Å². The Balaban J connectivity index is 2.12. The van der Waals surface area contributed by atoms with Crippen LogP contribution in [-0.4, -0.2) is 54.8 Å². The van der Waals surface area contributed by atoms with Crippen molar-refractivity contribution >= 4 is 29.2 Å². The Morgan fingerprint density at radius 1 is 1.39 bits per heavy atom. The Hall–Kier alpha value is -2.93. The first-order valence-electron chi connectivity index (χ1n) is 7.09. The molecule has 0 bridgehead atoms. The van der Waals surface area contributed by atoms with Gasteiger partial charge in [0.2, 0.25) is 6.08 Å². The lowest BCUT2D eigenvalue weighted by Crippen LogP contribution is -2.49. The van der Waals surface area contributed by atoms with Gasteiger partial charge in [0.25, 0.3) is 5.69 Å². The smallest absolute Gasteiger partial charge is 0.409 e. The summed E-state index contributed by atoms with van der Waals surface area (Å²) < 4.78 is 4.95. The topological polar surface area (TPSA) is 105 Å². The van der Waals surface area contributed by atoms with Crippen LogP contribution < -0.4 is 4.90 Å². The van der Waals surface area contributed by atoms with Crippen molar-refractivity contribution in [2.75, 3.05) is 37.7 Å². The summed E-state index contributed by atoms with van der Waals surface area (Å²) in [7, 11) is 0. The Morgan fingerprint density at radius 2 is 2.09 bits per heavy atom. The highest BCUT2D eigenvalue weighted by atomic mass is 16.6. The number of benzene rings is 1. The molecule has 9 heteroatoms. The molecule has 1 heterocycles. The maximum Gasteiger partial charge on any atom is 0.409 e. The normalized spacial score (nSPS) is 14.1. The molecule has 1 amide bonds. The van der Waals surface area contributed by atoms with Crippen LogP contribution in [0.4, 0.5) is 21.9 Å². The molecule has 1 aliphatic heterocycles. The largest absolute Gasteiger partial charge is 0.450 e. The average Bonchev–Trinajstić information content (AvgIpc) is 2.55.